The van der Waals surface area contributed by atoms with Crippen molar-refractivity contribution in [3.8, 4) is 0 Å². The molecule has 0 spiro atoms. The second-order valence-electron chi connectivity index (χ2n) is 3.10. The average Bonchev–Trinajstić information content (AvgIpc) is 2.04. The molecule has 0 fully saturated rings. The van der Waals surface area contributed by atoms with Crippen LogP contribution in [0.4, 0.5) is 0 Å². The highest BCUT2D eigenvalue weighted by molar-refractivity contribution is 5.84. The molecule has 0 aromatic heterocycles. The van der Waals surface area contributed by atoms with Crippen LogP contribution in [0.3, 0.4) is 0 Å². The number of hydrogen-bond acceptors (Lipinski definition) is 2. The fraction of sp³-hybridized carbons (Fsp3) is 0.900. The van der Waals surface area contributed by atoms with Crippen LogP contribution in [0.25, 0.3) is 0 Å². The Bertz CT molecular complexity index is 132. The SMILES string of the molecule is CCCC(CC)=NC(C)COC. The van der Waals surface area contributed by atoms with Crippen LogP contribution in [0.15, 0.2) is 4.99 Å². The molecule has 0 aromatic carbocycles. The number of ether oxygens (including phenoxy) is 1. The van der Waals surface area contributed by atoms with E-state index in [9.17, 15) is 0 Å². The van der Waals surface area contributed by atoms with Crippen LogP contribution in [0.2, 0.25) is 0 Å². The Labute approximate surface area is 76.0 Å². The molecule has 0 rings (SSSR count). The lowest BCUT2D eigenvalue weighted by molar-refractivity contribution is 0.185. The average molecular weight is 171 g/mol. The highest BCUT2D eigenvalue weighted by Gasteiger charge is 2.00. The van der Waals surface area contributed by atoms with Crippen LogP contribution in [-0.4, -0.2) is 25.5 Å². The van der Waals surface area contributed by atoms with E-state index in [0.29, 0.717) is 6.04 Å². The normalized spacial score (nSPS) is 14.8. The Morgan fingerprint density at radius 1 is 1.42 bits per heavy atom. The van der Waals surface area contributed by atoms with E-state index in [1.807, 2.05) is 0 Å². The quantitative estimate of drug-likeness (QED) is 0.563. The van der Waals surface area contributed by atoms with E-state index in [0.717, 1.165) is 19.4 Å². The first-order valence-electron chi connectivity index (χ1n) is 4.79. The number of rotatable bonds is 6. The van der Waals surface area contributed by atoms with E-state index >= 15 is 0 Å². The monoisotopic (exact) mass is 171 g/mol. The molecule has 0 amide bonds. The summed E-state index contributed by atoms with van der Waals surface area (Å²) in [5, 5.41) is 0. The van der Waals surface area contributed by atoms with E-state index in [2.05, 4.69) is 25.8 Å². The largest absolute Gasteiger partial charge is 0.382 e. The third kappa shape index (κ3) is 5.30. The molecule has 2 nitrogen and oxygen atoms in total. The van der Waals surface area contributed by atoms with Crippen molar-refractivity contribution in [2.75, 3.05) is 13.7 Å². The fourth-order valence-electron chi connectivity index (χ4n) is 1.21. The number of aliphatic imine (C=N–C) groups is 1. The van der Waals surface area contributed by atoms with Gasteiger partial charge in [0.25, 0.3) is 0 Å². The van der Waals surface area contributed by atoms with Crippen molar-refractivity contribution in [3.05, 3.63) is 0 Å². The van der Waals surface area contributed by atoms with Gasteiger partial charge in [-0.05, 0) is 19.8 Å². The minimum Gasteiger partial charge on any atom is -0.382 e. The van der Waals surface area contributed by atoms with Gasteiger partial charge in [-0.2, -0.15) is 0 Å². The lowest BCUT2D eigenvalue weighted by Crippen LogP contribution is -2.10. The highest BCUT2D eigenvalue weighted by atomic mass is 16.5. The maximum absolute atomic E-state index is 5.02. The molecule has 0 saturated heterocycles. The van der Waals surface area contributed by atoms with Crippen molar-refractivity contribution in [2.45, 2.75) is 46.1 Å². The second kappa shape index (κ2) is 7.29. The van der Waals surface area contributed by atoms with E-state index in [1.54, 1.807) is 7.11 Å². The van der Waals surface area contributed by atoms with E-state index < -0.39 is 0 Å². The first kappa shape index (κ1) is 11.6. The molecule has 1 unspecified atom stereocenters. The van der Waals surface area contributed by atoms with Gasteiger partial charge in [-0.15, -0.1) is 0 Å². The Morgan fingerprint density at radius 2 is 2.08 bits per heavy atom. The zero-order chi connectivity index (χ0) is 9.40. The van der Waals surface area contributed by atoms with Gasteiger partial charge in [-0.3, -0.25) is 4.99 Å². The minimum atomic E-state index is 0.316. The predicted molar refractivity (Wildman–Crippen MR) is 54.0 cm³/mol. The van der Waals surface area contributed by atoms with Crippen LogP contribution in [-0.2, 0) is 4.74 Å². The van der Waals surface area contributed by atoms with Crippen molar-refractivity contribution in [1.29, 1.82) is 0 Å². The highest BCUT2D eigenvalue weighted by Crippen LogP contribution is 2.00. The topological polar surface area (TPSA) is 21.6 Å². The summed E-state index contributed by atoms with van der Waals surface area (Å²) in [6.45, 7) is 7.17. The molecule has 0 aliphatic carbocycles. The van der Waals surface area contributed by atoms with Crippen LogP contribution in [0.1, 0.15) is 40.0 Å². The van der Waals surface area contributed by atoms with Gasteiger partial charge in [0.15, 0.2) is 0 Å². The minimum absolute atomic E-state index is 0.316. The Hall–Kier alpha value is -0.370. The third-order valence-corrected chi connectivity index (χ3v) is 1.76. The van der Waals surface area contributed by atoms with Crippen molar-refractivity contribution in [2.24, 2.45) is 4.99 Å². The predicted octanol–water partition coefficient (Wildman–Crippen LogP) is 2.67. The fourth-order valence-corrected chi connectivity index (χ4v) is 1.21. The van der Waals surface area contributed by atoms with Gasteiger partial charge in [-0.1, -0.05) is 20.3 Å². The molecule has 72 valence electrons. The number of hydrogen-bond donors (Lipinski definition) is 0. The molecule has 0 heterocycles. The standard InChI is InChI=1S/C10H21NO/c1-5-7-10(6-2)11-9(3)8-12-4/h9H,5-8H2,1-4H3. The van der Waals surface area contributed by atoms with Crippen molar-refractivity contribution < 1.29 is 4.74 Å². The van der Waals surface area contributed by atoms with E-state index in [1.165, 1.54) is 12.1 Å². The smallest absolute Gasteiger partial charge is 0.0704 e. The van der Waals surface area contributed by atoms with Gasteiger partial charge >= 0.3 is 0 Å². The van der Waals surface area contributed by atoms with Gasteiger partial charge in [0.1, 0.15) is 0 Å². The summed E-state index contributed by atoms with van der Waals surface area (Å²) >= 11 is 0. The summed E-state index contributed by atoms with van der Waals surface area (Å²) in [7, 11) is 1.72. The molecular formula is C10H21NO. The summed E-state index contributed by atoms with van der Waals surface area (Å²) in [4.78, 5) is 4.57. The summed E-state index contributed by atoms with van der Waals surface area (Å²) in [6, 6.07) is 0.316. The van der Waals surface area contributed by atoms with E-state index in [-0.39, 0.29) is 0 Å². The van der Waals surface area contributed by atoms with Gasteiger partial charge < -0.3 is 4.74 Å². The molecule has 0 aliphatic heterocycles. The molecule has 1 atom stereocenters. The zero-order valence-corrected chi connectivity index (χ0v) is 8.76. The molecule has 0 N–H and O–H groups in total. The second-order valence-corrected chi connectivity index (χ2v) is 3.10. The van der Waals surface area contributed by atoms with Crippen LogP contribution in [0.5, 0.6) is 0 Å². The molecule has 0 bridgehead atoms. The summed E-state index contributed by atoms with van der Waals surface area (Å²) in [5.41, 5.74) is 1.32. The maximum atomic E-state index is 5.02. The van der Waals surface area contributed by atoms with Crippen molar-refractivity contribution >= 4 is 5.71 Å². The first-order valence-corrected chi connectivity index (χ1v) is 4.79. The molecule has 0 radical (unpaired) electrons. The van der Waals surface area contributed by atoms with Gasteiger partial charge in [-0.25, -0.2) is 0 Å². The van der Waals surface area contributed by atoms with Crippen molar-refractivity contribution in [3.63, 3.8) is 0 Å². The van der Waals surface area contributed by atoms with Crippen LogP contribution in [0, 0.1) is 0 Å². The number of nitrogens with zero attached hydrogens (tertiary/aromatic N) is 1. The zero-order valence-electron chi connectivity index (χ0n) is 8.76. The lowest BCUT2D eigenvalue weighted by Gasteiger charge is -2.08. The number of methoxy groups -OCH3 is 1. The molecule has 12 heavy (non-hydrogen) atoms. The summed E-state index contributed by atoms with van der Waals surface area (Å²) in [6.07, 6.45) is 3.39. The lowest BCUT2D eigenvalue weighted by atomic mass is 10.2. The maximum Gasteiger partial charge on any atom is 0.0704 e. The van der Waals surface area contributed by atoms with Crippen LogP contribution >= 0.6 is 0 Å². The summed E-state index contributed by atoms with van der Waals surface area (Å²) in [5.74, 6) is 0. The summed E-state index contributed by atoms with van der Waals surface area (Å²) < 4.78 is 5.02. The Kier molecular flexibility index (Phi) is 7.06. The third-order valence-electron chi connectivity index (χ3n) is 1.76. The van der Waals surface area contributed by atoms with Crippen LogP contribution < -0.4 is 0 Å². The van der Waals surface area contributed by atoms with E-state index in [4.69, 9.17) is 4.74 Å². The Morgan fingerprint density at radius 3 is 2.50 bits per heavy atom. The van der Waals surface area contributed by atoms with Crippen molar-refractivity contribution in [1.82, 2.24) is 0 Å². The molecular weight excluding hydrogens is 150 g/mol. The Balaban J connectivity index is 3.88. The molecule has 2 heteroatoms. The van der Waals surface area contributed by atoms with Gasteiger partial charge in [0, 0.05) is 12.8 Å². The molecule has 0 saturated carbocycles. The first-order chi connectivity index (χ1) is 5.74. The van der Waals surface area contributed by atoms with Gasteiger partial charge in [0.05, 0.1) is 12.6 Å². The van der Waals surface area contributed by atoms with Gasteiger partial charge in [0.2, 0.25) is 0 Å². The molecule has 0 aliphatic rings. The molecule has 0 aromatic rings.